The summed E-state index contributed by atoms with van der Waals surface area (Å²) in [6, 6.07) is 0. The van der Waals surface area contributed by atoms with Crippen molar-refractivity contribution in [3.8, 4) is 0 Å². The Hall–Kier alpha value is -1.39. The number of rotatable bonds is 15. The number of unbranched alkanes of at least 4 members (excludes halogenated alkanes) is 4. The normalized spacial score (nSPS) is 11.7. The van der Waals surface area contributed by atoms with Gasteiger partial charge in [0.2, 0.25) is 0 Å². The van der Waals surface area contributed by atoms with Gasteiger partial charge in [-0.2, -0.15) is 0 Å². The average Bonchev–Trinajstić information content (AvgIpc) is 2.50. The van der Waals surface area contributed by atoms with Crippen LogP contribution in [-0.2, 0) is 9.59 Å². The molecular weight excluding hydrogens is 280 g/mol. The molecule has 0 bridgehead atoms. The summed E-state index contributed by atoms with van der Waals surface area (Å²) >= 11 is 0. The number of azide groups is 1. The van der Waals surface area contributed by atoms with E-state index in [-0.39, 0.29) is 17.5 Å². The molecule has 126 valence electrons. The van der Waals surface area contributed by atoms with Crippen molar-refractivity contribution in [3.63, 3.8) is 0 Å². The Bertz CT molecular complexity index is 365. The molecule has 0 radical (unpaired) electrons. The zero-order valence-corrected chi connectivity index (χ0v) is 13.8. The second-order valence-corrected chi connectivity index (χ2v) is 5.71. The van der Waals surface area contributed by atoms with Crippen molar-refractivity contribution in [2.45, 2.75) is 71.1 Å². The molecule has 1 atom stereocenters. The van der Waals surface area contributed by atoms with E-state index in [1.807, 2.05) is 0 Å². The summed E-state index contributed by atoms with van der Waals surface area (Å²) in [6.45, 7) is 3.00. The van der Waals surface area contributed by atoms with Crippen LogP contribution in [0.1, 0.15) is 71.1 Å². The monoisotopic (exact) mass is 310 g/mol. The summed E-state index contributed by atoms with van der Waals surface area (Å²) in [6.07, 6.45) is 7.62. The molecule has 0 heterocycles. The van der Waals surface area contributed by atoms with Gasteiger partial charge in [0.25, 0.3) is 0 Å². The van der Waals surface area contributed by atoms with Crippen LogP contribution in [0.5, 0.6) is 0 Å². The Labute approximate surface area is 133 Å². The Kier molecular flexibility index (Phi) is 13.6. The summed E-state index contributed by atoms with van der Waals surface area (Å²) in [5.74, 6) is 0.0848. The number of carbonyl (C=O) groups is 2. The number of Topliss-reactive ketones (excluding diaryl/α,β-unsaturated/α-hetero) is 2. The molecule has 2 N–H and O–H groups in total. The van der Waals surface area contributed by atoms with E-state index in [1.165, 1.54) is 0 Å². The number of ketones is 2. The SMILES string of the molecule is CCCCCCC(=O)C(CCN)CC(=O)CCCCN=[N+]=[N-]. The quantitative estimate of drug-likeness (QED) is 0.214. The fourth-order valence-corrected chi connectivity index (χ4v) is 2.43. The zero-order valence-electron chi connectivity index (χ0n) is 13.8. The van der Waals surface area contributed by atoms with Gasteiger partial charge in [-0.25, -0.2) is 0 Å². The van der Waals surface area contributed by atoms with E-state index in [0.29, 0.717) is 51.6 Å². The third-order valence-corrected chi connectivity index (χ3v) is 3.75. The number of hydrogen-bond acceptors (Lipinski definition) is 4. The van der Waals surface area contributed by atoms with Crippen LogP contribution in [-0.4, -0.2) is 24.7 Å². The molecule has 6 heteroatoms. The maximum atomic E-state index is 12.2. The van der Waals surface area contributed by atoms with E-state index in [2.05, 4.69) is 16.9 Å². The Balaban J connectivity index is 4.06. The van der Waals surface area contributed by atoms with Gasteiger partial charge in [0.15, 0.2) is 0 Å². The van der Waals surface area contributed by atoms with Crippen LogP contribution in [0.15, 0.2) is 5.11 Å². The number of nitrogens with two attached hydrogens (primary N) is 1. The maximum Gasteiger partial charge on any atom is 0.136 e. The zero-order chi connectivity index (χ0) is 16.6. The van der Waals surface area contributed by atoms with Crippen LogP contribution in [0.3, 0.4) is 0 Å². The van der Waals surface area contributed by atoms with Crippen molar-refractivity contribution >= 4 is 11.6 Å². The second-order valence-electron chi connectivity index (χ2n) is 5.71. The smallest absolute Gasteiger partial charge is 0.136 e. The first-order valence-electron chi connectivity index (χ1n) is 8.41. The van der Waals surface area contributed by atoms with Gasteiger partial charge in [-0.05, 0) is 37.8 Å². The highest BCUT2D eigenvalue weighted by Gasteiger charge is 2.20. The summed E-state index contributed by atoms with van der Waals surface area (Å²) in [5.41, 5.74) is 13.7. The van der Waals surface area contributed by atoms with Crippen molar-refractivity contribution in [1.29, 1.82) is 0 Å². The molecule has 0 saturated heterocycles. The van der Waals surface area contributed by atoms with Crippen LogP contribution >= 0.6 is 0 Å². The van der Waals surface area contributed by atoms with Crippen molar-refractivity contribution in [2.75, 3.05) is 13.1 Å². The van der Waals surface area contributed by atoms with E-state index < -0.39 is 0 Å². The first kappa shape index (κ1) is 20.6. The lowest BCUT2D eigenvalue weighted by Gasteiger charge is -2.14. The van der Waals surface area contributed by atoms with Gasteiger partial charge in [-0.1, -0.05) is 31.3 Å². The van der Waals surface area contributed by atoms with Crippen LogP contribution in [0.4, 0.5) is 0 Å². The molecule has 0 aromatic carbocycles. The Morgan fingerprint density at radius 1 is 1.14 bits per heavy atom. The lowest BCUT2D eigenvalue weighted by molar-refractivity contribution is -0.128. The molecule has 0 aromatic rings. The molecule has 0 saturated carbocycles. The van der Waals surface area contributed by atoms with Crippen molar-refractivity contribution in [2.24, 2.45) is 16.8 Å². The van der Waals surface area contributed by atoms with Gasteiger partial charge in [-0.3, -0.25) is 9.59 Å². The molecule has 0 rings (SSSR count). The van der Waals surface area contributed by atoms with Gasteiger partial charge in [0.05, 0.1) is 0 Å². The molecule has 0 aromatic heterocycles. The molecule has 22 heavy (non-hydrogen) atoms. The number of carbonyl (C=O) groups excluding carboxylic acids is 2. The highest BCUT2D eigenvalue weighted by atomic mass is 16.1. The van der Waals surface area contributed by atoms with Crippen molar-refractivity contribution in [3.05, 3.63) is 10.4 Å². The number of nitrogens with zero attached hydrogens (tertiary/aromatic N) is 3. The molecule has 1 unspecified atom stereocenters. The summed E-state index contributed by atoms with van der Waals surface area (Å²) in [7, 11) is 0. The van der Waals surface area contributed by atoms with Gasteiger partial charge in [0, 0.05) is 36.6 Å². The van der Waals surface area contributed by atoms with Crippen LogP contribution in [0.2, 0.25) is 0 Å². The molecule has 6 nitrogen and oxygen atoms in total. The summed E-state index contributed by atoms with van der Waals surface area (Å²) in [5, 5.41) is 3.43. The fourth-order valence-electron chi connectivity index (χ4n) is 2.43. The largest absolute Gasteiger partial charge is 0.330 e. The highest BCUT2D eigenvalue weighted by Crippen LogP contribution is 2.16. The Morgan fingerprint density at radius 2 is 1.86 bits per heavy atom. The Morgan fingerprint density at radius 3 is 2.50 bits per heavy atom. The van der Waals surface area contributed by atoms with Crippen molar-refractivity contribution in [1.82, 2.24) is 0 Å². The highest BCUT2D eigenvalue weighted by molar-refractivity contribution is 5.87. The average molecular weight is 310 g/mol. The van der Waals surface area contributed by atoms with Gasteiger partial charge < -0.3 is 5.73 Å². The van der Waals surface area contributed by atoms with Gasteiger partial charge in [-0.15, -0.1) is 0 Å². The van der Waals surface area contributed by atoms with E-state index in [4.69, 9.17) is 11.3 Å². The minimum Gasteiger partial charge on any atom is -0.330 e. The lowest BCUT2D eigenvalue weighted by atomic mass is 9.90. The topological polar surface area (TPSA) is 109 Å². The van der Waals surface area contributed by atoms with Crippen LogP contribution in [0, 0.1) is 5.92 Å². The fraction of sp³-hybridized carbons (Fsp3) is 0.875. The van der Waals surface area contributed by atoms with Crippen molar-refractivity contribution < 1.29 is 9.59 Å². The van der Waals surface area contributed by atoms with Gasteiger partial charge in [0.1, 0.15) is 11.6 Å². The maximum absolute atomic E-state index is 12.2. The molecule has 0 spiro atoms. The number of hydrogen-bond donors (Lipinski definition) is 1. The minimum atomic E-state index is -0.212. The molecular formula is C16H30N4O2. The standard InChI is InChI=1S/C16H30N4O2/c1-2-3-4-5-9-16(22)14(10-11-17)13-15(21)8-6-7-12-19-20-18/h14H,2-13,17H2,1H3. The van der Waals surface area contributed by atoms with Crippen LogP contribution in [0.25, 0.3) is 10.4 Å². The van der Waals surface area contributed by atoms with E-state index >= 15 is 0 Å². The molecule has 0 aliphatic carbocycles. The third kappa shape index (κ3) is 11.3. The second kappa shape index (κ2) is 14.5. The first-order valence-corrected chi connectivity index (χ1v) is 8.41. The van der Waals surface area contributed by atoms with E-state index in [9.17, 15) is 9.59 Å². The first-order chi connectivity index (χ1) is 10.7. The van der Waals surface area contributed by atoms with Crippen LogP contribution < -0.4 is 5.73 Å². The van der Waals surface area contributed by atoms with E-state index in [1.54, 1.807) is 0 Å². The molecule has 0 amide bonds. The lowest BCUT2D eigenvalue weighted by Crippen LogP contribution is -2.21. The van der Waals surface area contributed by atoms with E-state index in [0.717, 1.165) is 25.7 Å². The predicted molar refractivity (Wildman–Crippen MR) is 88.4 cm³/mol. The molecule has 0 aliphatic heterocycles. The van der Waals surface area contributed by atoms with Gasteiger partial charge >= 0.3 is 0 Å². The molecule has 0 aliphatic rings. The molecule has 0 fully saturated rings. The minimum absolute atomic E-state index is 0.112. The summed E-state index contributed by atoms with van der Waals surface area (Å²) < 4.78 is 0. The summed E-state index contributed by atoms with van der Waals surface area (Å²) in [4.78, 5) is 26.8. The third-order valence-electron chi connectivity index (χ3n) is 3.75. The predicted octanol–water partition coefficient (Wildman–Crippen LogP) is 3.93.